The quantitative estimate of drug-likeness (QED) is 0.606. The minimum atomic E-state index is 0.117. The highest BCUT2D eigenvalue weighted by atomic mass is 32.2. The number of thioether (sulfide) groups is 1. The zero-order valence-electron chi connectivity index (χ0n) is 8.36. The van der Waals surface area contributed by atoms with Crippen molar-refractivity contribution in [1.82, 2.24) is 4.90 Å². The molecule has 0 bridgehead atoms. The van der Waals surface area contributed by atoms with E-state index in [-0.39, 0.29) is 5.91 Å². The van der Waals surface area contributed by atoms with Gasteiger partial charge in [-0.1, -0.05) is 0 Å². The van der Waals surface area contributed by atoms with Gasteiger partial charge in [-0.05, 0) is 24.3 Å². The number of carbonyl (C=O) groups is 1. The van der Waals surface area contributed by atoms with Crippen molar-refractivity contribution in [3.05, 3.63) is 24.3 Å². The van der Waals surface area contributed by atoms with Crippen LogP contribution in [0.1, 0.15) is 0 Å². The van der Waals surface area contributed by atoms with Gasteiger partial charge in [0.2, 0.25) is 5.91 Å². The van der Waals surface area contributed by atoms with Crippen LogP contribution in [0.25, 0.3) is 0 Å². The smallest absolute Gasteiger partial charge is 0.232 e. The van der Waals surface area contributed by atoms with Gasteiger partial charge in [0.15, 0.2) is 0 Å². The number of nitrogens with zero attached hydrogens (tertiary/aromatic N) is 1. The maximum atomic E-state index is 11.3. The van der Waals surface area contributed by atoms with Crippen LogP contribution in [0.4, 0.5) is 5.69 Å². The van der Waals surface area contributed by atoms with E-state index in [4.69, 9.17) is 5.73 Å². The standard InChI is InChI=1S/C10H14N2OS/c1-12(2)10(13)7-14-9-5-3-8(11)4-6-9/h3-6H,7,11H2,1-2H3. The zero-order chi connectivity index (χ0) is 10.6. The Bertz CT molecular complexity index is 308. The van der Waals surface area contributed by atoms with Gasteiger partial charge in [0.1, 0.15) is 0 Å². The molecule has 76 valence electrons. The molecule has 1 amide bonds. The Balaban J connectivity index is 2.46. The molecule has 4 heteroatoms. The molecule has 0 unspecified atom stereocenters. The number of nitrogen functional groups attached to an aromatic ring is 1. The summed E-state index contributed by atoms with van der Waals surface area (Å²) in [4.78, 5) is 13.9. The molecule has 3 nitrogen and oxygen atoms in total. The predicted molar refractivity (Wildman–Crippen MR) is 60.3 cm³/mol. The number of hydrogen-bond donors (Lipinski definition) is 1. The van der Waals surface area contributed by atoms with Crippen LogP contribution < -0.4 is 5.73 Å². The molecule has 0 aromatic heterocycles. The van der Waals surface area contributed by atoms with Gasteiger partial charge in [-0.3, -0.25) is 4.79 Å². The third kappa shape index (κ3) is 3.30. The van der Waals surface area contributed by atoms with Crippen molar-refractivity contribution in [1.29, 1.82) is 0 Å². The van der Waals surface area contributed by atoms with Crippen molar-refractivity contribution < 1.29 is 4.79 Å². The van der Waals surface area contributed by atoms with Gasteiger partial charge < -0.3 is 10.6 Å². The molecule has 0 atom stereocenters. The molecule has 0 radical (unpaired) electrons. The lowest BCUT2D eigenvalue weighted by molar-refractivity contribution is -0.125. The van der Waals surface area contributed by atoms with E-state index in [2.05, 4.69) is 0 Å². The maximum absolute atomic E-state index is 11.3. The van der Waals surface area contributed by atoms with E-state index in [0.29, 0.717) is 5.75 Å². The van der Waals surface area contributed by atoms with Crippen molar-refractivity contribution >= 4 is 23.4 Å². The number of rotatable bonds is 3. The van der Waals surface area contributed by atoms with E-state index in [1.165, 1.54) is 11.8 Å². The lowest BCUT2D eigenvalue weighted by Crippen LogP contribution is -2.23. The van der Waals surface area contributed by atoms with E-state index >= 15 is 0 Å². The van der Waals surface area contributed by atoms with E-state index < -0.39 is 0 Å². The molecule has 0 saturated carbocycles. The van der Waals surface area contributed by atoms with Crippen LogP contribution in [0.2, 0.25) is 0 Å². The second kappa shape index (κ2) is 4.91. The Labute approximate surface area is 88.3 Å². The second-order valence-electron chi connectivity index (χ2n) is 3.15. The number of nitrogens with two attached hydrogens (primary N) is 1. The van der Waals surface area contributed by atoms with E-state index in [1.807, 2.05) is 24.3 Å². The molecule has 0 saturated heterocycles. The van der Waals surface area contributed by atoms with Gasteiger partial charge in [0, 0.05) is 24.7 Å². The summed E-state index contributed by atoms with van der Waals surface area (Å²) in [7, 11) is 3.51. The summed E-state index contributed by atoms with van der Waals surface area (Å²) in [6, 6.07) is 7.51. The number of anilines is 1. The summed E-state index contributed by atoms with van der Waals surface area (Å²) in [5.41, 5.74) is 6.29. The SMILES string of the molecule is CN(C)C(=O)CSc1ccc(N)cc1. The molecular weight excluding hydrogens is 196 g/mol. The number of hydrogen-bond acceptors (Lipinski definition) is 3. The molecule has 0 aliphatic heterocycles. The lowest BCUT2D eigenvalue weighted by atomic mass is 10.3. The van der Waals surface area contributed by atoms with Gasteiger partial charge >= 0.3 is 0 Å². The number of benzene rings is 1. The molecule has 2 N–H and O–H groups in total. The molecule has 0 aliphatic carbocycles. The Hall–Kier alpha value is -1.16. The summed E-state index contributed by atoms with van der Waals surface area (Å²) in [5, 5.41) is 0. The minimum absolute atomic E-state index is 0.117. The summed E-state index contributed by atoms with van der Waals surface area (Å²) < 4.78 is 0. The van der Waals surface area contributed by atoms with Gasteiger partial charge in [0.05, 0.1) is 5.75 Å². The van der Waals surface area contributed by atoms with Gasteiger partial charge in [-0.25, -0.2) is 0 Å². The highest BCUT2D eigenvalue weighted by Gasteiger charge is 2.04. The van der Waals surface area contributed by atoms with Crippen LogP contribution in [0.3, 0.4) is 0 Å². The Kier molecular flexibility index (Phi) is 3.83. The van der Waals surface area contributed by atoms with Crippen LogP contribution in [0.15, 0.2) is 29.2 Å². The highest BCUT2D eigenvalue weighted by molar-refractivity contribution is 8.00. The fourth-order valence-corrected chi connectivity index (χ4v) is 1.72. The monoisotopic (exact) mass is 210 g/mol. The fraction of sp³-hybridized carbons (Fsp3) is 0.300. The van der Waals surface area contributed by atoms with Gasteiger partial charge in [-0.15, -0.1) is 11.8 Å². The first-order valence-electron chi connectivity index (χ1n) is 4.28. The average Bonchev–Trinajstić information content (AvgIpc) is 2.16. The molecule has 0 spiro atoms. The zero-order valence-corrected chi connectivity index (χ0v) is 9.17. The summed E-state index contributed by atoms with van der Waals surface area (Å²) >= 11 is 1.52. The highest BCUT2D eigenvalue weighted by Crippen LogP contribution is 2.19. The van der Waals surface area contributed by atoms with Crippen LogP contribution in [0.5, 0.6) is 0 Å². The molecule has 0 heterocycles. The van der Waals surface area contributed by atoms with Gasteiger partial charge in [0.25, 0.3) is 0 Å². The molecule has 14 heavy (non-hydrogen) atoms. The summed E-state index contributed by atoms with van der Waals surface area (Å²) in [6.07, 6.45) is 0. The minimum Gasteiger partial charge on any atom is -0.399 e. The van der Waals surface area contributed by atoms with Crippen LogP contribution in [0, 0.1) is 0 Å². The van der Waals surface area contributed by atoms with Crippen LogP contribution >= 0.6 is 11.8 Å². The first-order valence-corrected chi connectivity index (χ1v) is 5.26. The second-order valence-corrected chi connectivity index (χ2v) is 4.19. The number of carbonyl (C=O) groups excluding carboxylic acids is 1. The van der Waals surface area contributed by atoms with E-state index in [0.717, 1.165) is 10.6 Å². The Morgan fingerprint density at radius 2 is 1.93 bits per heavy atom. The largest absolute Gasteiger partial charge is 0.399 e. The first-order chi connectivity index (χ1) is 6.59. The molecule has 1 aromatic carbocycles. The molecule has 1 rings (SSSR count). The van der Waals surface area contributed by atoms with E-state index in [1.54, 1.807) is 19.0 Å². The third-order valence-corrected chi connectivity index (χ3v) is 2.74. The summed E-state index contributed by atoms with van der Waals surface area (Å²) in [5.74, 6) is 0.587. The Morgan fingerprint density at radius 1 is 1.36 bits per heavy atom. The van der Waals surface area contributed by atoms with Crippen molar-refractivity contribution in [2.75, 3.05) is 25.6 Å². The fourth-order valence-electron chi connectivity index (χ4n) is 0.838. The van der Waals surface area contributed by atoms with Crippen molar-refractivity contribution in [2.24, 2.45) is 0 Å². The van der Waals surface area contributed by atoms with E-state index in [9.17, 15) is 4.79 Å². The van der Waals surface area contributed by atoms with Crippen molar-refractivity contribution in [3.8, 4) is 0 Å². The molecule has 1 aromatic rings. The molecule has 0 aliphatic rings. The Morgan fingerprint density at radius 3 is 2.43 bits per heavy atom. The summed E-state index contributed by atoms with van der Waals surface area (Å²) in [6.45, 7) is 0. The topological polar surface area (TPSA) is 46.3 Å². The normalized spacial score (nSPS) is 9.86. The number of amides is 1. The lowest BCUT2D eigenvalue weighted by Gasteiger charge is -2.09. The van der Waals surface area contributed by atoms with Crippen molar-refractivity contribution in [3.63, 3.8) is 0 Å². The predicted octanol–water partition coefficient (Wildman–Crippen LogP) is 1.45. The van der Waals surface area contributed by atoms with Crippen molar-refractivity contribution in [2.45, 2.75) is 4.90 Å². The molecular formula is C10H14N2OS. The third-order valence-electron chi connectivity index (χ3n) is 1.74. The first kappa shape index (κ1) is 10.9. The van der Waals surface area contributed by atoms with Crippen LogP contribution in [-0.4, -0.2) is 30.7 Å². The average molecular weight is 210 g/mol. The molecule has 0 fully saturated rings. The maximum Gasteiger partial charge on any atom is 0.232 e. The van der Waals surface area contributed by atoms with Crippen LogP contribution in [-0.2, 0) is 4.79 Å². The van der Waals surface area contributed by atoms with Gasteiger partial charge in [-0.2, -0.15) is 0 Å².